The Balaban J connectivity index is 2.07. The van der Waals surface area contributed by atoms with Crippen LogP contribution >= 0.6 is 0 Å². The van der Waals surface area contributed by atoms with Crippen LogP contribution in [0.1, 0.15) is 57.4 Å². The molecule has 3 aromatic rings. The van der Waals surface area contributed by atoms with E-state index in [0.717, 1.165) is 5.56 Å². The van der Waals surface area contributed by atoms with Crippen LogP contribution in [0.3, 0.4) is 0 Å². The highest BCUT2D eigenvalue weighted by atomic mass is 16.1. The summed E-state index contributed by atoms with van der Waals surface area (Å²) in [6.45, 7) is 10.1. The van der Waals surface area contributed by atoms with Gasteiger partial charge in [-0.15, -0.1) is 10.2 Å². The molecule has 3 rings (SSSR count). The third-order valence-electron chi connectivity index (χ3n) is 3.94. The van der Waals surface area contributed by atoms with Gasteiger partial charge in [-0.05, 0) is 17.0 Å². The summed E-state index contributed by atoms with van der Waals surface area (Å²) in [5.74, 6) is 0.756. The van der Waals surface area contributed by atoms with Crippen molar-refractivity contribution in [1.29, 1.82) is 0 Å². The minimum Gasteiger partial charge on any atom is -0.265 e. The second kappa shape index (κ2) is 6.23. The van der Waals surface area contributed by atoms with Gasteiger partial charge in [0.25, 0.3) is 11.3 Å². The standard InChI is InChI=1S/C18H22N6O/c1-12(2)14-8-6-13(7-9-14)10-20-24-16(25)15(18(3,4)5)22-23-11-19-21-17(23)24/h6-12H,1-5H3. The third kappa shape index (κ3) is 3.35. The molecule has 0 fully saturated rings. The molecule has 7 nitrogen and oxygen atoms in total. The van der Waals surface area contributed by atoms with Crippen molar-refractivity contribution in [2.75, 3.05) is 0 Å². The van der Waals surface area contributed by atoms with E-state index in [1.165, 1.54) is 21.1 Å². The molecule has 0 radical (unpaired) electrons. The summed E-state index contributed by atoms with van der Waals surface area (Å²) in [5.41, 5.74) is 1.87. The average Bonchev–Trinajstić information content (AvgIpc) is 3.01. The van der Waals surface area contributed by atoms with Gasteiger partial charge in [0.05, 0.1) is 6.21 Å². The molecule has 1 aromatic carbocycles. The van der Waals surface area contributed by atoms with Crippen molar-refractivity contribution in [3.05, 3.63) is 57.8 Å². The normalized spacial score (nSPS) is 12.6. The molecule has 0 aliphatic heterocycles. The molecule has 0 atom stereocenters. The van der Waals surface area contributed by atoms with Crippen molar-refractivity contribution in [2.24, 2.45) is 5.10 Å². The van der Waals surface area contributed by atoms with Crippen LogP contribution in [0.2, 0.25) is 0 Å². The summed E-state index contributed by atoms with van der Waals surface area (Å²) in [6, 6.07) is 8.09. The van der Waals surface area contributed by atoms with Crippen LogP contribution in [-0.2, 0) is 5.41 Å². The average molecular weight is 338 g/mol. The van der Waals surface area contributed by atoms with E-state index in [9.17, 15) is 4.79 Å². The van der Waals surface area contributed by atoms with Crippen LogP contribution in [0.5, 0.6) is 0 Å². The topological polar surface area (TPSA) is 77.4 Å². The maximum absolute atomic E-state index is 12.8. The molecular weight excluding hydrogens is 316 g/mol. The van der Waals surface area contributed by atoms with Crippen LogP contribution in [0.15, 0.2) is 40.5 Å². The quantitative estimate of drug-likeness (QED) is 0.688. The van der Waals surface area contributed by atoms with Crippen molar-refractivity contribution in [3.63, 3.8) is 0 Å². The number of hydrogen-bond acceptors (Lipinski definition) is 5. The van der Waals surface area contributed by atoms with E-state index < -0.39 is 5.41 Å². The number of hydrogen-bond donors (Lipinski definition) is 0. The molecule has 0 amide bonds. The van der Waals surface area contributed by atoms with Crippen molar-refractivity contribution < 1.29 is 0 Å². The first-order chi connectivity index (χ1) is 11.8. The SMILES string of the molecule is CC(C)c1ccc(C=Nn2c(=O)c(C(C)(C)C)nn3cnnc23)cc1. The maximum atomic E-state index is 12.8. The van der Waals surface area contributed by atoms with Gasteiger partial charge in [-0.3, -0.25) is 4.79 Å². The number of fused-ring (bicyclic) bond motifs is 1. The highest BCUT2D eigenvalue weighted by Gasteiger charge is 2.23. The Bertz CT molecular complexity index is 973. The molecule has 0 saturated heterocycles. The zero-order valence-corrected chi connectivity index (χ0v) is 15.1. The summed E-state index contributed by atoms with van der Waals surface area (Å²) < 4.78 is 2.72. The minimum atomic E-state index is -0.411. The second-order valence-electron chi connectivity index (χ2n) is 7.36. The number of rotatable bonds is 3. The van der Waals surface area contributed by atoms with Gasteiger partial charge in [0.15, 0.2) is 0 Å². The van der Waals surface area contributed by atoms with Gasteiger partial charge in [0.1, 0.15) is 12.0 Å². The molecule has 0 aliphatic rings. The zero-order valence-electron chi connectivity index (χ0n) is 15.1. The molecule has 0 unspecified atom stereocenters. The molecule has 130 valence electrons. The van der Waals surface area contributed by atoms with Crippen molar-refractivity contribution in [2.45, 2.75) is 46.0 Å². The highest BCUT2D eigenvalue weighted by Crippen LogP contribution is 2.16. The fraction of sp³-hybridized carbons (Fsp3) is 0.389. The predicted molar refractivity (Wildman–Crippen MR) is 97.3 cm³/mol. The van der Waals surface area contributed by atoms with E-state index >= 15 is 0 Å². The summed E-state index contributed by atoms with van der Waals surface area (Å²) in [6.07, 6.45) is 3.11. The smallest absolute Gasteiger partial charge is 0.265 e. The Kier molecular flexibility index (Phi) is 4.24. The fourth-order valence-electron chi connectivity index (χ4n) is 2.44. The lowest BCUT2D eigenvalue weighted by atomic mass is 9.93. The van der Waals surface area contributed by atoms with Gasteiger partial charge >= 0.3 is 0 Å². The molecule has 7 heteroatoms. The fourth-order valence-corrected chi connectivity index (χ4v) is 2.44. The molecule has 0 N–H and O–H groups in total. The number of aromatic nitrogens is 5. The lowest BCUT2D eigenvalue weighted by Gasteiger charge is -2.16. The van der Waals surface area contributed by atoms with Crippen LogP contribution < -0.4 is 5.56 Å². The van der Waals surface area contributed by atoms with Crippen molar-refractivity contribution >= 4 is 12.0 Å². The van der Waals surface area contributed by atoms with E-state index in [0.29, 0.717) is 11.6 Å². The van der Waals surface area contributed by atoms with E-state index in [-0.39, 0.29) is 11.3 Å². The lowest BCUT2D eigenvalue weighted by molar-refractivity contribution is 0.529. The number of nitrogens with zero attached hydrogens (tertiary/aromatic N) is 6. The molecule has 0 aliphatic carbocycles. The molecular formula is C18H22N6O. The molecule has 2 aromatic heterocycles. The molecule has 25 heavy (non-hydrogen) atoms. The monoisotopic (exact) mass is 338 g/mol. The Labute approximate surface area is 146 Å². The Morgan fingerprint density at radius 3 is 2.44 bits per heavy atom. The lowest BCUT2D eigenvalue weighted by Crippen LogP contribution is -2.33. The van der Waals surface area contributed by atoms with Gasteiger partial charge in [-0.2, -0.15) is 19.4 Å². The largest absolute Gasteiger partial charge is 0.298 e. The van der Waals surface area contributed by atoms with Gasteiger partial charge in [0.2, 0.25) is 0 Å². The van der Waals surface area contributed by atoms with Crippen LogP contribution in [0.25, 0.3) is 5.78 Å². The minimum absolute atomic E-state index is 0.285. The van der Waals surface area contributed by atoms with E-state index in [1.807, 2.05) is 32.9 Å². The van der Waals surface area contributed by atoms with E-state index in [1.54, 1.807) is 6.21 Å². The van der Waals surface area contributed by atoms with Crippen LogP contribution in [0, 0.1) is 0 Å². The van der Waals surface area contributed by atoms with E-state index in [4.69, 9.17) is 0 Å². The summed E-state index contributed by atoms with van der Waals surface area (Å²) in [5, 5.41) is 16.5. The Morgan fingerprint density at radius 2 is 1.84 bits per heavy atom. The second-order valence-corrected chi connectivity index (χ2v) is 7.36. The number of benzene rings is 1. The molecule has 0 saturated carbocycles. The van der Waals surface area contributed by atoms with Gasteiger partial charge < -0.3 is 0 Å². The molecule has 0 spiro atoms. The first-order valence-electron chi connectivity index (χ1n) is 8.25. The van der Waals surface area contributed by atoms with Crippen molar-refractivity contribution in [1.82, 2.24) is 24.5 Å². The summed E-state index contributed by atoms with van der Waals surface area (Å²) in [7, 11) is 0. The zero-order chi connectivity index (χ0) is 18.2. The van der Waals surface area contributed by atoms with Crippen LogP contribution in [-0.4, -0.2) is 30.7 Å². The first-order valence-corrected chi connectivity index (χ1v) is 8.25. The van der Waals surface area contributed by atoms with Crippen LogP contribution in [0.4, 0.5) is 0 Å². The maximum Gasteiger partial charge on any atom is 0.298 e. The highest BCUT2D eigenvalue weighted by molar-refractivity contribution is 5.79. The molecule has 2 heterocycles. The van der Waals surface area contributed by atoms with Gasteiger partial charge in [-0.1, -0.05) is 58.9 Å². The molecule has 0 bridgehead atoms. The summed E-state index contributed by atoms with van der Waals surface area (Å²) in [4.78, 5) is 12.8. The first kappa shape index (κ1) is 17.0. The summed E-state index contributed by atoms with van der Waals surface area (Å²) >= 11 is 0. The van der Waals surface area contributed by atoms with Gasteiger partial charge in [-0.25, -0.2) is 0 Å². The Morgan fingerprint density at radius 1 is 1.16 bits per heavy atom. The van der Waals surface area contributed by atoms with E-state index in [2.05, 4.69) is 46.4 Å². The van der Waals surface area contributed by atoms with Gasteiger partial charge in [0, 0.05) is 5.41 Å². The predicted octanol–water partition coefficient (Wildman–Crippen LogP) is 2.59. The third-order valence-corrected chi connectivity index (χ3v) is 3.94. The van der Waals surface area contributed by atoms with Crippen molar-refractivity contribution in [3.8, 4) is 0 Å². The Hall–Kier alpha value is -2.83.